The average molecular weight is 454 g/mol. The second-order valence-corrected chi connectivity index (χ2v) is 8.12. The summed E-state index contributed by atoms with van der Waals surface area (Å²) >= 11 is 12.3. The lowest BCUT2D eigenvalue weighted by molar-refractivity contribution is 0.0714. The largest absolute Gasteiger partial charge is 0.450 e. The molecule has 31 heavy (non-hydrogen) atoms. The number of benzene rings is 3. The van der Waals surface area contributed by atoms with Crippen LogP contribution in [0.3, 0.4) is 0 Å². The Balaban J connectivity index is 1.72. The molecule has 0 saturated carbocycles. The molecule has 1 aromatic heterocycles. The summed E-state index contributed by atoms with van der Waals surface area (Å²) in [7, 11) is 0. The maximum Gasteiger partial charge on any atom is 0.291 e. The van der Waals surface area contributed by atoms with Crippen LogP contribution < -0.4 is 5.43 Å². The Hall–Kier alpha value is -3.15. The molecular formula is C24H14Cl2FNO3. The van der Waals surface area contributed by atoms with Gasteiger partial charge in [-0.25, -0.2) is 4.39 Å². The molecule has 4 aromatic rings. The number of hydrogen-bond acceptors (Lipinski definition) is 3. The fourth-order valence-corrected chi connectivity index (χ4v) is 4.25. The molecule has 1 aliphatic rings. The Morgan fingerprint density at radius 2 is 1.68 bits per heavy atom. The van der Waals surface area contributed by atoms with Crippen molar-refractivity contribution in [3.63, 3.8) is 0 Å². The van der Waals surface area contributed by atoms with E-state index in [9.17, 15) is 14.0 Å². The third kappa shape index (κ3) is 3.30. The van der Waals surface area contributed by atoms with Gasteiger partial charge in [0.15, 0.2) is 5.43 Å². The first-order valence-electron chi connectivity index (χ1n) is 9.50. The summed E-state index contributed by atoms with van der Waals surface area (Å²) in [6.07, 6.45) is 0. The number of nitrogens with zero attached hydrogens (tertiary/aromatic N) is 1. The van der Waals surface area contributed by atoms with E-state index >= 15 is 0 Å². The van der Waals surface area contributed by atoms with Crippen molar-refractivity contribution in [2.75, 3.05) is 0 Å². The van der Waals surface area contributed by atoms with Crippen LogP contribution in [-0.4, -0.2) is 10.8 Å². The number of amides is 1. The van der Waals surface area contributed by atoms with Crippen molar-refractivity contribution >= 4 is 40.1 Å². The van der Waals surface area contributed by atoms with Crippen LogP contribution in [0.4, 0.5) is 4.39 Å². The van der Waals surface area contributed by atoms with E-state index in [1.165, 1.54) is 17.0 Å². The van der Waals surface area contributed by atoms with E-state index in [-0.39, 0.29) is 29.1 Å². The van der Waals surface area contributed by atoms with Gasteiger partial charge in [-0.3, -0.25) is 9.59 Å². The van der Waals surface area contributed by atoms with E-state index < -0.39 is 11.9 Å². The first kappa shape index (κ1) is 19.8. The molecule has 1 amide bonds. The Bertz CT molecular complexity index is 1400. The van der Waals surface area contributed by atoms with Crippen molar-refractivity contribution in [3.8, 4) is 0 Å². The molecule has 1 atom stereocenters. The number of carbonyl (C=O) groups is 1. The molecule has 0 radical (unpaired) electrons. The molecule has 1 aliphatic heterocycles. The summed E-state index contributed by atoms with van der Waals surface area (Å²) in [4.78, 5) is 28.3. The van der Waals surface area contributed by atoms with Crippen molar-refractivity contribution in [2.45, 2.75) is 12.6 Å². The lowest BCUT2D eigenvalue weighted by Gasteiger charge is -2.25. The summed E-state index contributed by atoms with van der Waals surface area (Å²) in [5, 5.41) is 1.07. The molecule has 0 saturated heterocycles. The van der Waals surface area contributed by atoms with Gasteiger partial charge in [0.05, 0.1) is 27.0 Å². The van der Waals surface area contributed by atoms with Gasteiger partial charge in [0, 0.05) is 6.54 Å². The van der Waals surface area contributed by atoms with E-state index in [1.54, 1.807) is 54.6 Å². The SMILES string of the molecule is O=C1c2oc3ccccc3c(=O)c2C(c2ccc(Cl)c(Cl)c2)N1Cc1ccc(F)cc1. The standard InChI is InChI=1S/C24H14Cl2FNO3/c25-17-10-7-14(11-18(17)26)21-20-22(29)16-3-1-2-4-19(16)31-23(20)24(30)28(21)12-13-5-8-15(27)9-6-13/h1-11,21H,12H2. The van der Waals surface area contributed by atoms with Crippen LogP contribution in [0.2, 0.25) is 10.0 Å². The van der Waals surface area contributed by atoms with Gasteiger partial charge < -0.3 is 9.32 Å². The summed E-state index contributed by atoms with van der Waals surface area (Å²) in [5.41, 5.74) is 1.67. The Kier molecular flexibility index (Phi) is 4.80. The van der Waals surface area contributed by atoms with Gasteiger partial charge in [0.2, 0.25) is 5.76 Å². The molecule has 4 nitrogen and oxygen atoms in total. The maximum atomic E-state index is 13.4. The van der Waals surface area contributed by atoms with E-state index in [0.717, 1.165) is 0 Å². The van der Waals surface area contributed by atoms with Gasteiger partial charge in [0.1, 0.15) is 11.4 Å². The van der Waals surface area contributed by atoms with Crippen LogP contribution in [0.25, 0.3) is 11.0 Å². The summed E-state index contributed by atoms with van der Waals surface area (Å²) in [6, 6.07) is 16.9. The number of rotatable bonds is 3. The molecule has 0 fully saturated rings. The monoisotopic (exact) mass is 453 g/mol. The normalized spacial score (nSPS) is 15.5. The zero-order valence-corrected chi connectivity index (χ0v) is 17.5. The zero-order valence-electron chi connectivity index (χ0n) is 15.9. The highest BCUT2D eigenvalue weighted by Crippen LogP contribution is 2.40. The highest BCUT2D eigenvalue weighted by atomic mass is 35.5. The fourth-order valence-electron chi connectivity index (χ4n) is 3.95. The summed E-state index contributed by atoms with van der Waals surface area (Å²) < 4.78 is 19.2. The van der Waals surface area contributed by atoms with Crippen molar-refractivity contribution in [2.24, 2.45) is 0 Å². The van der Waals surface area contributed by atoms with Crippen molar-refractivity contribution in [1.29, 1.82) is 0 Å². The van der Waals surface area contributed by atoms with Gasteiger partial charge in [-0.2, -0.15) is 0 Å². The number of carbonyl (C=O) groups excluding carboxylic acids is 1. The molecule has 0 spiro atoms. The van der Waals surface area contributed by atoms with E-state index in [0.29, 0.717) is 32.1 Å². The third-order valence-electron chi connectivity index (χ3n) is 5.40. The smallest absolute Gasteiger partial charge is 0.291 e. The van der Waals surface area contributed by atoms with Crippen LogP contribution in [0.1, 0.15) is 33.3 Å². The highest BCUT2D eigenvalue weighted by Gasteiger charge is 2.42. The van der Waals surface area contributed by atoms with E-state index in [4.69, 9.17) is 27.6 Å². The summed E-state index contributed by atoms with van der Waals surface area (Å²) in [6.45, 7) is 0.157. The molecular weight excluding hydrogens is 440 g/mol. The minimum Gasteiger partial charge on any atom is -0.450 e. The minimum absolute atomic E-state index is 0.00174. The van der Waals surface area contributed by atoms with Crippen molar-refractivity contribution < 1.29 is 13.6 Å². The van der Waals surface area contributed by atoms with Crippen LogP contribution in [0, 0.1) is 5.82 Å². The van der Waals surface area contributed by atoms with Crippen LogP contribution in [-0.2, 0) is 6.54 Å². The van der Waals surface area contributed by atoms with Crippen LogP contribution in [0.15, 0.2) is 75.9 Å². The predicted octanol–water partition coefficient (Wildman–Crippen LogP) is 5.98. The summed E-state index contributed by atoms with van der Waals surface area (Å²) in [5.74, 6) is -0.788. The molecule has 5 rings (SSSR count). The molecule has 0 bridgehead atoms. The lowest BCUT2D eigenvalue weighted by atomic mass is 9.98. The van der Waals surface area contributed by atoms with Crippen LogP contribution >= 0.6 is 23.2 Å². The molecule has 1 unspecified atom stereocenters. The lowest BCUT2D eigenvalue weighted by Crippen LogP contribution is -2.29. The Morgan fingerprint density at radius 3 is 2.42 bits per heavy atom. The second kappa shape index (κ2) is 7.52. The van der Waals surface area contributed by atoms with E-state index in [2.05, 4.69) is 0 Å². The number of fused-ring (bicyclic) bond motifs is 2. The van der Waals surface area contributed by atoms with Crippen LogP contribution in [0.5, 0.6) is 0 Å². The van der Waals surface area contributed by atoms with Crippen molar-refractivity contribution in [1.82, 2.24) is 4.90 Å². The number of halogens is 3. The number of para-hydroxylation sites is 1. The zero-order chi connectivity index (χ0) is 21.7. The molecule has 2 heterocycles. The van der Waals surface area contributed by atoms with Gasteiger partial charge >= 0.3 is 0 Å². The van der Waals surface area contributed by atoms with Gasteiger partial charge in [-0.1, -0.05) is 53.5 Å². The average Bonchev–Trinajstić information content (AvgIpc) is 3.04. The Labute approximate surface area is 186 Å². The number of hydrogen-bond donors (Lipinski definition) is 0. The quantitative estimate of drug-likeness (QED) is 0.383. The first-order chi connectivity index (χ1) is 14.9. The fraction of sp³-hybridized carbons (Fsp3) is 0.0833. The van der Waals surface area contributed by atoms with Gasteiger partial charge in [-0.05, 0) is 47.5 Å². The first-order valence-corrected chi connectivity index (χ1v) is 10.3. The topological polar surface area (TPSA) is 50.5 Å². The molecule has 7 heteroatoms. The van der Waals surface area contributed by atoms with Gasteiger partial charge in [-0.15, -0.1) is 0 Å². The molecule has 0 N–H and O–H groups in total. The third-order valence-corrected chi connectivity index (χ3v) is 6.14. The molecule has 154 valence electrons. The van der Waals surface area contributed by atoms with E-state index in [1.807, 2.05) is 0 Å². The molecule has 3 aromatic carbocycles. The predicted molar refractivity (Wildman–Crippen MR) is 117 cm³/mol. The molecule has 0 aliphatic carbocycles. The minimum atomic E-state index is -0.719. The van der Waals surface area contributed by atoms with Gasteiger partial charge in [0.25, 0.3) is 5.91 Å². The maximum absolute atomic E-state index is 13.4. The Morgan fingerprint density at radius 1 is 0.935 bits per heavy atom. The van der Waals surface area contributed by atoms with Crippen molar-refractivity contribution in [3.05, 3.63) is 115 Å². The second-order valence-electron chi connectivity index (χ2n) is 7.31. The highest BCUT2D eigenvalue weighted by molar-refractivity contribution is 6.42.